The number of anilines is 1. The maximum absolute atomic E-state index is 13.0. The Morgan fingerprint density at radius 2 is 2.29 bits per heavy atom. The van der Waals surface area contributed by atoms with Crippen LogP contribution in [0.5, 0.6) is 0 Å². The van der Waals surface area contributed by atoms with Gasteiger partial charge in [0.05, 0.1) is 12.3 Å². The van der Waals surface area contributed by atoms with Crippen molar-refractivity contribution in [1.29, 1.82) is 0 Å². The summed E-state index contributed by atoms with van der Waals surface area (Å²) in [7, 11) is 1.67. The zero-order chi connectivity index (χ0) is 10.4. The molecule has 0 radical (unpaired) electrons. The Hall–Kier alpha value is -0.740. The van der Waals surface area contributed by atoms with E-state index in [1.807, 2.05) is 6.07 Å². The van der Waals surface area contributed by atoms with Crippen molar-refractivity contribution in [3.63, 3.8) is 0 Å². The molecule has 0 heterocycles. The first-order valence-electron chi connectivity index (χ1n) is 4.34. The van der Waals surface area contributed by atoms with Crippen molar-refractivity contribution in [2.45, 2.75) is 5.75 Å². The van der Waals surface area contributed by atoms with Crippen LogP contribution in [0, 0.1) is 5.82 Å². The van der Waals surface area contributed by atoms with E-state index in [2.05, 4.69) is 0 Å². The molecule has 0 aliphatic rings. The zero-order valence-corrected chi connectivity index (χ0v) is 8.94. The van der Waals surface area contributed by atoms with Crippen LogP contribution >= 0.6 is 11.8 Å². The number of hydrogen-bond donors (Lipinski definition) is 1. The number of ether oxygens (including phenoxy) is 1. The molecule has 0 aliphatic carbocycles. The van der Waals surface area contributed by atoms with Crippen LogP contribution in [0.3, 0.4) is 0 Å². The first kappa shape index (κ1) is 11.3. The fraction of sp³-hybridized carbons (Fsp3) is 0.400. The molecule has 2 N–H and O–H groups in total. The second-order valence-electron chi connectivity index (χ2n) is 2.90. The maximum atomic E-state index is 13.0. The molecule has 0 bridgehead atoms. The van der Waals surface area contributed by atoms with E-state index in [9.17, 15) is 4.39 Å². The lowest BCUT2D eigenvalue weighted by atomic mass is 10.2. The lowest BCUT2D eigenvalue weighted by Crippen LogP contribution is -1.94. The second kappa shape index (κ2) is 5.88. The summed E-state index contributed by atoms with van der Waals surface area (Å²) in [6.45, 7) is 0.724. The molecule has 14 heavy (non-hydrogen) atoms. The Kier molecular flexibility index (Phi) is 4.76. The fourth-order valence-corrected chi connectivity index (χ4v) is 1.84. The van der Waals surface area contributed by atoms with Gasteiger partial charge in [-0.1, -0.05) is 6.07 Å². The standard InChI is InChI=1S/C10H14FNOS/c1-13-4-5-14-7-8-2-3-10(12)9(11)6-8/h2-3,6H,4-5,7,12H2,1H3. The molecular formula is C10H14FNOS. The lowest BCUT2D eigenvalue weighted by Gasteiger charge is -2.03. The minimum absolute atomic E-state index is 0.204. The number of methoxy groups -OCH3 is 1. The molecule has 0 fully saturated rings. The van der Waals surface area contributed by atoms with E-state index in [-0.39, 0.29) is 11.5 Å². The van der Waals surface area contributed by atoms with Gasteiger partial charge in [-0.15, -0.1) is 0 Å². The van der Waals surface area contributed by atoms with Crippen molar-refractivity contribution in [3.05, 3.63) is 29.6 Å². The van der Waals surface area contributed by atoms with Gasteiger partial charge in [0.15, 0.2) is 0 Å². The van der Waals surface area contributed by atoms with Crippen LogP contribution in [0.1, 0.15) is 5.56 Å². The lowest BCUT2D eigenvalue weighted by molar-refractivity contribution is 0.218. The Labute approximate surface area is 87.6 Å². The number of nitrogen functional groups attached to an aromatic ring is 1. The molecule has 0 spiro atoms. The summed E-state index contributed by atoms with van der Waals surface area (Å²) in [6.07, 6.45) is 0. The molecule has 1 aromatic carbocycles. The molecule has 0 aromatic heterocycles. The van der Waals surface area contributed by atoms with Crippen molar-refractivity contribution in [2.75, 3.05) is 25.2 Å². The smallest absolute Gasteiger partial charge is 0.146 e. The SMILES string of the molecule is COCCSCc1ccc(N)c(F)c1. The Morgan fingerprint density at radius 1 is 1.50 bits per heavy atom. The number of halogens is 1. The summed E-state index contributed by atoms with van der Waals surface area (Å²) in [5.41, 5.74) is 6.52. The van der Waals surface area contributed by atoms with Crippen LogP contribution in [0.15, 0.2) is 18.2 Å². The first-order valence-corrected chi connectivity index (χ1v) is 5.50. The predicted octanol–water partition coefficient (Wildman–Crippen LogP) is 2.29. The van der Waals surface area contributed by atoms with Crippen molar-refractivity contribution >= 4 is 17.4 Å². The van der Waals surface area contributed by atoms with Crippen molar-refractivity contribution in [1.82, 2.24) is 0 Å². The molecule has 1 aromatic rings. The van der Waals surface area contributed by atoms with Crippen molar-refractivity contribution in [3.8, 4) is 0 Å². The molecule has 4 heteroatoms. The van der Waals surface area contributed by atoms with Crippen molar-refractivity contribution < 1.29 is 9.13 Å². The van der Waals surface area contributed by atoms with Gasteiger partial charge in [0.2, 0.25) is 0 Å². The third-order valence-corrected chi connectivity index (χ3v) is 2.76. The average molecular weight is 215 g/mol. The van der Waals surface area contributed by atoms with Gasteiger partial charge in [0, 0.05) is 18.6 Å². The minimum atomic E-state index is -0.338. The monoisotopic (exact) mass is 215 g/mol. The highest BCUT2D eigenvalue weighted by molar-refractivity contribution is 7.98. The third kappa shape index (κ3) is 3.55. The number of rotatable bonds is 5. The van der Waals surface area contributed by atoms with E-state index in [4.69, 9.17) is 10.5 Å². The average Bonchev–Trinajstić information content (AvgIpc) is 2.18. The fourth-order valence-electron chi connectivity index (χ4n) is 0.993. The quantitative estimate of drug-likeness (QED) is 0.604. The number of thioether (sulfide) groups is 1. The normalized spacial score (nSPS) is 10.4. The second-order valence-corrected chi connectivity index (χ2v) is 4.01. The molecular weight excluding hydrogens is 201 g/mol. The Morgan fingerprint density at radius 3 is 2.93 bits per heavy atom. The maximum Gasteiger partial charge on any atom is 0.146 e. The van der Waals surface area contributed by atoms with E-state index in [0.717, 1.165) is 23.7 Å². The van der Waals surface area contributed by atoms with Gasteiger partial charge in [0.1, 0.15) is 5.82 Å². The molecule has 0 atom stereocenters. The highest BCUT2D eigenvalue weighted by Gasteiger charge is 1.99. The Bertz CT molecular complexity index is 293. The Balaban J connectivity index is 2.39. The van der Waals surface area contributed by atoms with Crippen LogP contribution in [-0.4, -0.2) is 19.5 Å². The summed E-state index contributed by atoms with van der Waals surface area (Å²) < 4.78 is 17.9. The van der Waals surface area contributed by atoms with Crippen LogP contribution in [0.25, 0.3) is 0 Å². The molecule has 1 rings (SSSR count). The summed E-state index contributed by atoms with van der Waals surface area (Å²) in [5, 5.41) is 0. The van der Waals surface area contributed by atoms with E-state index in [1.165, 1.54) is 6.07 Å². The first-order chi connectivity index (χ1) is 6.74. The number of nitrogens with two attached hydrogens (primary N) is 1. The predicted molar refractivity (Wildman–Crippen MR) is 58.9 cm³/mol. The highest BCUT2D eigenvalue weighted by Crippen LogP contribution is 2.16. The molecule has 0 saturated heterocycles. The van der Waals surface area contributed by atoms with E-state index >= 15 is 0 Å². The molecule has 0 unspecified atom stereocenters. The molecule has 2 nitrogen and oxygen atoms in total. The summed E-state index contributed by atoms with van der Waals surface area (Å²) >= 11 is 1.71. The van der Waals surface area contributed by atoms with E-state index < -0.39 is 0 Å². The number of hydrogen-bond acceptors (Lipinski definition) is 3. The molecule has 0 saturated carbocycles. The van der Waals surface area contributed by atoms with Crippen LogP contribution < -0.4 is 5.73 Å². The van der Waals surface area contributed by atoms with Gasteiger partial charge in [-0.25, -0.2) is 4.39 Å². The van der Waals surface area contributed by atoms with Gasteiger partial charge < -0.3 is 10.5 Å². The molecule has 78 valence electrons. The minimum Gasteiger partial charge on any atom is -0.396 e. The summed E-state index contributed by atoms with van der Waals surface area (Å²) in [5.74, 6) is 1.37. The summed E-state index contributed by atoms with van der Waals surface area (Å²) in [4.78, 5) is 0. The highest BCUT2D eigenvalue weighted by atomic mass is 32.2. The van der Waals surface area contributed by atoms with Gasteiger partial charge in [-0.05, 0) is 17.7 Å². The van der Waals surface area contributed by atoms with Gasteiger partial charge in [-0.3, -0.25) is 0 Å². The topological polar surface area (TPSA) is 35.2 Å². The van der Waals surface area contributed by atoms with E-state index in [1.54, 1.807) is 24.9 Å². The van der Waals surface area contributed by atoms with Gasteiger partial charge in [0.25, 0.3) is 0 Å². The van der Waals surface area contributed by atoms with Crippen LogP contribution in [-0.2, 0) is 10.5 Å². The van der Waals surface area contributed by atoms with Crippen molar-refractivity contribution in [2.24, 2.45) is 0 Å². The number of benzene rings is 1. The van der Waals surface area contributed by atoms with E-state index in [0.29, 0.717) is 0 Å². The summed E-state index contributed by atoms with van der Waals surface area (Å²) in [6, 6.07) is 4.93. The van der Waals surface area contributed by atoms with Crippen LogP contribution in [0.4, 0.5) is 10.1 Å². The molecule has 0 amide bonds. The van der Waals surface area contributed by atoms with Gasteiger partial charge in [-0.2, -0.15) is 11.8 Å². The van der Waals surface area contributed by atoms with Crippen LogP contribution in [0.2, 0.25) is 0 Å². The zero-order valence-electron chi connectivity index (χ0n) is 8.13. The van der Waals surface area contributed by atoms with Gasteiger partial charge >= 0.3 is 0 Å². The largest absolute Gasteiger partial charge is 0.396 e. The molecule has 0 aliphatic heterocycles. The third-order valence-electron chi connectivity index (χ3n) is 1.77.